The monoisotopic (exact) mass is 254 g/mol. The molecule has 1 aliphatic heterocycles. The minimum atomic E-state index is -0.649. The zero-order valence-electron chi connectivity index (χ0n) is 11.6. The van der Waals surface area contributed by atoms with Crippen LogP contribution in [0.3, 0.4) is 0 Å². The third kappa shape index (κ3) is 2.54. The Balaban J connectivity index is 1.81. The van der Waals surface area contributed by atoms with Gasteiger partial charge in [0.05, 0.1) is 13.1 Å². The van der Waals surface area contributed by atoms with Gasteiger partial charge in [0.15, 0.2) is 0 Å². The zero-order valence-corrected chi connectivity index (χ0v) is 11.6. The molecular weight excluding hydrogens is 228 g/mol. The highest BCUT2D eigenvalue weighted by molar-refractivity contribution is 5.80. The first-order valence-corrected chi connectivity index (χ1v) is 7.17. The molecule has 0 aromatic rings. The minimum Gasteiger partial charge on any atom is -0.386 e. The first-order valence-electron chi connectivity index (χ1n) is 7.17. The molecule has 0 bridgehead atoms. The molecule has 0 aromatic carbocycles. The topological polar surface area (TPSA) is 66.6 Å². The summed E-state index contributed by atoms with van der Waals surface area (Å²) < 4.78 is 0. The second-order valence-electron chi connectivity index (χ2n) is 6.41. The van der Waals surface area contributed by atoms with Gasteiger partial charge < -0.3 is 15.7 Å². The van der Waals surface area contributed by atoms with Crippen molar-refractivity contribution >= 4 is 5.91 Å². The fourth-order valence-corrected chi connectivity index (χ4v) is 3.04. The van der Waals surface area contributed by atoms with Gasteiger partial charge in [0.2, 0.25) is 5.91 Å². The molecule has 1 amide bonds. The van der Waals surface area contributed by atoms with E-state index in [1.165, 1.54) is 0 Å². The number of nitrogens with two attached hydrogens (primary N) is 1. The maximum absolute atomic E-state index is 12.3. The van der Waals surface area contributed by atoms with Crippen molar-refractivity contribution in [2.24, 2.45) is 23.5 Å². The molecule has 0 aromatic heterocycles. The lowest BCUT2D eigenvalue weighted by molar-refractivity contribution is -0.168. The molecule has 0 atom stereocenters. The summed E-state index contributed by atoms with van der Waals surface area (Å²) >= 11 is 0. The highest BCUT2D eigenvalue weighted by Crippen LogP contribution is 2.34. The molecule has 18 heavy (non-hydrogen) atoms. The number of amides is 1. The molecule has 4 nitrogen and oxygen atoms in total. The Labute approximate surface area is 110 Å². The van der Waals surface area contributed by atoms with E-state index in [4.69, 9.17) is 5.73 Å². The van der Waals surface area contributed by atoms with Crippen LogP contribution in [0, 0.1) is 17.8 Å². The number of carbonyl (C=O) groups excluding carboxylic acids is 1. The molecule has 1 saturated carbocycles. The summed E-state index contributed by atoms with van der Waals surface area (Å²) in [5.41, 5.74) is 5.01. The Morgan fingerprint density at radius 2 is 1.89 bits per heavy atom. The molecule has 1 heterocycles. The van der Waals surface area contributed by atoms with Crippen LogP contribution in [0.5, 0.6) is 0 Å². The summed E-state index contributed by atoms with van der Waals surface area (Å²) in [6.45, 7) is 5.79. The van der Waals surface area contributed by atoms with Gasteiger partial charge in [-0.25, -0.2) is 0 Å². The van der Waals surface area contributed by atoms with E-state index < -0.39 is 5.60 Å². The fourth-order valence-electron chi connectivity index (χ4n) is 3.04. The predicted octanol–water partition coefficient (Wildman–Crippen LogP) is 0.981. The quantitative estimate of drug-likeness (QED) is 0.789. The van der Waals surface area contributed by atoms with E-state index in [1.807, 2.05) is 18.7 Å². The van der Waals surface area contributed by atoms with Crippen molar-refractivity contribution in [2.75, 3.05) is 19.6 Å². The summed E-state index contributed by atoms with van der Waals surface area (Å²) in [7, 11) is 0. The summed E-state index contributed by atoms with van der Waals surface area (Å²) in [5.74, 6) is 1.24. The van der Waals surface area contributed by atoms with Crippen LogP contribution in [0.4, 0.5) is 0 Å². The number of carbonyl (C=O) groups is 1. The maximum Gasteiger partial charge on any atom is 0.225 e. The lowest BCUT2D eigenvalue weighted by Gasteiger charge is -2.50. The van der Waals surface area contributed by atoms with Crippen LogP contribution in [0.25, 0.3) is 0 Å². The maximum atomic E-state index is 12.3. The second kappa shape index (κ2) is 5.17. The van der Waals surface area contributed by atoms with Gasteiger partial charge >= 0.3 is 0 Å². The lowest BCUT2D eigenvalue weighted by atomic mass is 9.78. The van der Waals surface area contributed by atoms with Gasteiger partial charge in [-0.2, -0.15) is 0 Å². The smallest absolute Gasteiger partial charge is 0.225 e. The Kier molecular flexibility index (Phi) is 3.97. The van der Waals surface area contributed by atoms with Gasteiger partial charge in [0.25, 0.3) is 0 Å². The van der Waals surface area contributed by atoms with E-state index in [9.17, 15) is 9.90 Å². The molecule has 0 radical (unpaired) electrons. The van der Waals surface area contributed by atoms with Crippen molar-refractivity contribution in [1.29, 1.82) is 0 Å². The van der Waals surface area contributed by atoms with E-state index in [0.717, 1.165) is 32.2 Å². The zero-order chi connectivity index (χ0) is 13.3. The van der Waals surface area contributed by atoms with Crippen LogP contribution in [0.15, 0.2) is 0 Å². The molecular formula is C14H26N2O2. The Bertz CT molecular complexity index is 303. The largest absolute Gasteiger partial charge is 0.386 e. The van der Waals surface area contributed by atoms with E-state index in [-0.39, 0.29) is 17.7 Å². The van der Waals surface area contributed by atoms with E-state index in [2.05, 4.69) is 0 Å². The SMILES string of the molecule is CC(C)C1(O)CN(C(=O)C2CCC(CN)CC2)C1. The number of hydrogen-bond acceptors (Lipinski definition) is 3. The Morgan fingerprint density at radius 3 is 2.33 bits per heavy atom. The van der Waals surface area contributed by atoms with Gasteiger partial charge in [0.1, 0.15) is 5.60 Å². The van der Waals surface area contributed by atoms with Crippen LogP contribution in [0.2, 0.25) is 0 Å². The molecule has 2 aliphatic rings. The van der Waals surface area contributed by atoms with Gasteiger partial charge in [-0.1, -0.05) is 13.8 Å². The summed E-state index contributed by atoms with van der Waals surface area (Å²) in [5, 5.41) is 10.2. The number of likely N-dealkylation sites (tertiary alicyclic amines) is 1. The Hall–Kier alpha value is -0.610. The van der Waals surface area contributed by atoms with Crippen LogP contribution in [0.1, 0.15) is 39.5 Å². The first kappa shape index (κ1) is 13.8. The third-order valence-corrected chi connectivity index (χ3v) is 4.85. The molecule has 4 heteroatoms. The average molecular weight is 254 g/mol. The number of rotatable bonds is 3. The lowest BCUT2D eigenvalue weighted by Crippen LogP contribution is -2.66. The molecule has 0 unspecified atom stereocenters. The second-order valence-corrected chi connectivity index (χ2v) is 6.41. The number of hydrogen-bond donors (Lipinski definition) is 2. The normalized spacial score (nSPS) is 31.3. The van der Waals surface area contributed by atoms with Gasteiger partial charge in [-0.15, -0.1) is 0 Å². The van der Waals surface area contributed by atoms with Crippen molar-refractivity contribution in [3.05, 3.63) is 0 Å². The van der Waals surface area contributed by atoms with Gasteiger partial charge in [-0.05, 0) is 44.1 Å². The standard InChI is InChI=1S/C14H26N2O2/c1-10(2)14(18)8-16(9-14)13(17)12-5-3-11(7-15)4-6-12/h10-12,18H,3-9,15H2,1-2H3. The average Bonchev–Trinajstić information content (AvgIpc) is 2.34. The highest BCUT2D eigenvalue weighted by atomic mass is 16.3. The summed E-state index contributed by atoms with van der Waals surface area (Å²) in [6.07, 6.45) is 4.10. The summed E-state index contributed by atoms with van der Waals surface area (Å²) in [6, 6.07) is 0. The third-order valence-electron chi connectivity index (χ3n) is 4.85. The molecule has 3 N–H and O–H groups in total. The van der Waals surface area contributed by atoms with E-state index in [0.29, 0.717) is 19.0 Å². The van der Waals surface area contributed by atoms with E-state index in [1.54, 1.807) is 0 Å². The van der Waals surface area contributed by atoms with Crippen molar-refractivity contribution in [3.63, 3.8) is 0 Å². The molecule has 2 rings (SSSR count). The minimum absolute atomic E-state index is 0.171. The predicted molar refractivity (Wildman–Crippen MR) is 70.9 cm³/mol. The Morgan fingerprint density at radius 1 is 1.33 bits per heavy atom. The fraction of sp³-hybridized carbons (Fsp3) is 0.929. The molecule has 0 spiro atoms. The summed E-state index contributed by atoms with van der Waals surface area (Å²) in [4.78, 5) is 14.1. The van der Waals surface area contributed by atoms with Gasteiger partial charge in [0, 0.05) is 5.92 Å². The van der Waals surface area contributed by atoms with Crippen LogP contribution >= 0.6 is 0 Å². The molecule has 104 valence electrons. The molecule has 1 saturated heterocycles. The van der Waals surface area contributed by atoms with Crippen LogP contribution in [-0.2, 0) is 4.79 Å². The highest BCUT2D eigenvalue weighted by Gasteiger charge is 2.47. The van der Waals surface area contributed by atoms with E-state index >= 15 is 0 Å². The van der Waals surface area contributed by atoms with Crippen molar-refractivity contribution in [3.8, 4) is 0 Å². The number of aliphatic hydroxyl groups is 1. The van der Waals surface area contributed by atoms with Crippen LogP contribution in [-0.4, -0.2) is 41.1 Å². The number of nitrogens with zero attached hydrogens (tertiary/aromatic N) is 1. The van der Waals surface area contributed by atoms with Crippen molar-refractivity contribution < 1.29 is 9.90 Å². The van der Waals surface area contributed by atoms with Crippen molar-refractivity contribution in [1.82, 2.24) is 4.90 Å². The molecule has 2 fully saturated rings. The molecule has 1 aliphatic carbocycles. The van der Waals surface area contributed by atoms with Crippen molar-refractivity contribution in [2.45, 2.75) is 45.1 Å². The number of β-amino-alcohol motifs (C(OH)–C–C–N with tert-alkyl or cyclic N) is 1. The van der Waals surface area contributed by atoms with Gasteiger partial charge in [-0.3, -0.25) is 4.79 Å². The van der Waals surface area contributed by atoms with Crippen LogP contribution < -0.4 is 5.73 Å². The first-order chi connectivity index (χ1) is 8.46.